The number of nitrogens with one attached hydrogen (secondary N) is 2. The Morgan fingerprint density at radius 3 is 2.12 bits per heavy atom. The Balaban J connectivity index is 1.52. The van der Waals surface area contributed by atoms with Crippen molar-refractivity contribution in [2.24, 2.45) is 0 Å². The second-order valence-corrected chi connectivity index (χ2v) is 6.89. The van der Waals surface area contributed by atoms with Gasteiger partial charge in [0.2, 0.25) is 5.91 Å². The lowest BCUT2D eigenvalue weighted by atomic mass is 10.2. The fourth-order valence-electron chi connectivity index (χ4n) is 2.60. The van der Waals surface area contributed by atoms with Crippen molar-refractivity contribution in [2.75, 3.05) is 43.5 Å². The van der Waals surface area contributed by atoms with Crippen LogP contribution in [0.1, 0.15) is 10.4 Å². The van der Waals surface area contributed by atoms with Gasteiger partial charge in [0.1, 0.15) is 0 Å². The average molecular weight is 418 g/mol. The highest BCUT2D eigenvalue weighted by Gasteiger charge is 2.14. The summed E-state index contributed by atoms with van der Waals surface area (Å²) in [6.07, 6.45) is 0. The molecule has 0 aromatic heterocycles. The third-order valence-corrected chi connectivity index (χ3v) is 4.53. The first-order valence-corrected chi connectivity index (χ1v) is 9.16. The van der Waals surface area contributed by atoms with Crippen LogP contribution in [0.15, 0.2) is 53.0 Å². The summed E-state index contributed by atoms with van der Waals surface area (Å²) >= 11 is 3.34. The van der Waals surface area contributed by atoms with Gasteiger partial charge in [0.05, 0.1) is 19.8 Å². The van der Waals surface area contributed by atoms with Crippen LogP contribution in [-0.4, -0.2) is 49.6 Å². The van der Waals surface area contributed by atoms with Gasteiger partial charge in [0.25, 0.3) is 5.91 Å². The maximum Gasteiger partial charge on any atom is 0.255 e. The summed E-state index contributed by atoms with van der Waals surface area (Å²) in [5, 5.41) is 5.70. The van der Waals surface area contributed by atoms with Crippen molar-refractivity contribution in [3.8, 4) is 0 Å². The molecule has 1 fully saturated rings. The third kappa shape index (κ3) is 5.39. The molecule has 6 nitrogen and oxygen atoms in total. The molecule has 0 saturated carbocycles. The molecule has 1 heterocycles. The van der Waals surface area contributed by atoms with E-state index in [1.54, 1.807) is 36.4 Å². The van der Waals surface area contributed by atoms with E-state index in [1.165, 1.54) is 0 Å². The topological polar surface area (TPSA) is 70.7 Å². The van der Waals surface area contributed by atoms with Gasteiger partial charge in [-0.25, -0.2) is 0 Å². The summed E-state index contributed by atoms with van der Waals surface area (Å²) in [6.45, 7) is 3.23. The van der Waals surface area contributed by atoms with Crippen LogP contribution in [0.5, 0.6) is 0 Å². The summed E-state index contributed by atoms with van der Waals surface area (Å²) in [5.74, 6) is -0.236. The highest BCUT2D eigenvalue weighted by molar-refractivity contribution is 9.10. The number of amides is 2. The molecule has 7 heteroatoms. The van der Waals surface area contributed by atoms with Crippen molar-refractivity contribution in [2.45, 2.75) is 0 Å². The molecule has 2 amide bonds. The molecule has 2 aromatic rings. The van der Waals surface area contributed by atoms with Gasteiger partial charge >= 0.3 is 0 Å². The fraction of sp³-hybridized carbons (Fsp3) is 0.263. The van der Waals surface area contributed by atoms with Gasteiger partial charge in [0, 0.05) is 34.5 Å². The summed E-state index contributed by atoms with van der Waals surface area (Å²) in [4.78, 5) is 26.3. The largest absolute Gasteiger partial charge is 0.379 e. The van der Waals surface area contributed by atoms with Gasteiger partial charge in [-0.15, -0.1) is 0 Å². The van der Waals surface area contributed by atoms with Gasteiger partial charge in [-0.2, -0.15) is 0 Å². The lowest BCUT2D eigenvalue weighted by Gasteiger charge is -2.25. The number of nitrogens with zero attached hydrogens (tertiary/aromatic N) is 1. The second kappa shape index (κ2) is 8.93. The van der Waals surface area contributed by atoms with Crippen LogP contribution >= 0.6 is 15.9 Å². The Morgan fingerprint density at radius 2 is 1.50 bits per heavy atom. The molecular weight excluding hydrogens is 398 g/mol. The van der Waals surface area contributed by atoms with E-state index in [2.05, 4.69) is 31.5 Å². The Hall–Kier alpha value is -2.22. The summed E-state index contributed by atoms with van der Waals surface area (Å²) in [7, 11) is 0. The second-order valence-electron chi connectivity index (χ2n) is 5.98. The van der Waals surface area contributed by atoms with Crippen molar-refractivity contribution in [3.05, 3.63) is 58.6 Å². The van der Waals surface area contributed by atoms with E-state index in [-0.39, 0.29) is 11.8 Å². The van der Waals surface area contributed by atoms with Gasteiger partial charge < -0.3 is 15.4 Å². The minimum Gasteiger partial charge on any atom is -0.379 e. The van der Waals surface area contributed by atoms with Crippen molar-refractivity contribution < 1.29 is 14.3 Å². The number of carbonyl (C=O) groups is 2. The van der Waals surface area contributed by atoms with Crippen LogP contribution in [0, 0.1) is 0 Å². The molecule has 1 saturated heterocycles. The highest BCUT2D eigenvalue weighted by Crippen LogP contribution is 2.16. The molecule has 136 valence electrons. The fourth-order valence-corrected chi connectivity index (χ4v) is 2.87. The van der Waals surface area contributed by atoms with Crippen molar-refractivity contribution >= 4 is 39.1 Å². The average Bonchev–Trinajstić information content (AvgIpc) is 2.64. The van der Waals surface area contributed by atoms with Crippen molar-refractivity contribution in [1.29, 1.82) is 0 Å². The number of carbonyl (C=O) groups excluding carboxylic acids is 2. The molecule has 2 aromatic carbocycles. The number of halogens is 1. The van der Waals surface area contributed by atoms with E-state index in [0.717, 1.165) is 17.6 Å². The number of rotatable bonds is 5. The van der Waals surface area contributed by atoms with Crippen LogP contribution < -0.4 is 10.6 Å². The van der Waals surface area contributed by atoms with Gasteiger partial charge in [-0.1, -0.05) is 15.9 Å². The standard InChI is InChI=1S/C19H20BrN3O3/c20-15-3-1-14(2-4-15)19(25)22-17-7-5-16(6-8-17)21-18(24)13-23-9-11-26-12-10-23/h1-8H,9-13H2,(H,21,24)(H,22,25). The molecule has 3 rings (SSSR count). The molecule has 2 N–H and O–H groups in total. The zero-order chi connectivity index (χ0) is 18.4. The van der Waals surface area contributed by atoms with Crippen molar-refractivity contribution in [1.82, 2.24) is 4.90 Å². The molecule has 1 aliphatic heterocycles. The Labute approximate surface area is 160 Å². The minimum absolute atomic E-state index is 0.0569. The summed E-state index contributed by atoms with van der Waals surface area (Å²) in [6, 6.07) is 14.2. The van der Waals surface area contributed by atoms with E-state index >= 15 is 0 Å². The molecule has 1 aliphatic rings. The van der Waals surface area contributed by atoms with E-state index < -0.39 is 0 Å². The normalized spacial score (nSPS) is 14.7. The van der Waals surface area contributed by atoms with Gasteiger partial charge in [-0.3, -0.25) is 14.5 Å². The smallest absolute Gasteiger partial charge is 0.255 e. The molecule has 0 atom stereocenters. The molecule has 0 aliphatic carbocycles. The van der Waals surface area contributed by atoms with E-state index in [4.69, 9.17) is 4.74 Å². The van der Waals surface area contributed by atoms with Crippen LogP contribution in [0.25, 0.3) is 0 Å². The van der Waals surface area contributed by atoms with E-state index in [0.29, 0.717) is 36.7 Å². The molecule has 0 unspecified atom stereocenters. The quantitative estimate of drug-likeness (QED) is 0.784. The minimum atomic E-state index is -0.179. The Bertz CT molecular complexity index is 757. The van der Waals surface area contributed by atoms with Crippen molar-refractivity contribution in [3.63, 3.8) is 0 Å². The molecule has 0 bridgehead atoms. The molecule has 0 spiro atoms. The van der Waals surface area contributed by atoms with Gasteiger partial charge in [0.15, 0.2) is 0 Å². The molecule has 0 radical (unpaired) electrons. The number of ether oxygens (including phenoxy) is 1. The maximum atomic E-state index is 12.2. The summed E-state index contributed by atoms with van der Waals surface area (Å²) in [5.41, 5.74) is 1.95. The Morgan fingerprint density at radius 1 is 0.923 bits per heavy atom. The number of benzene rings is 2. The predicted octanol–water partition coefficient (Wildman–Crippen LogP) is 2.97. The van der Waals surface area contributed by atoms with Crippen LogP contribution in [-0.2, 0) is 9.53 Å². The zero-order valence-corrected chi connectivity index (χ0v) is 15.8. The van der Waals surface area contributed by atoms with Crippen LogP contribution in [0.4, 0.5) is 11.4 Å². The first-order chi connectivity index (χ1) is 12.6. The van der Waals surface area contributed by atoms with Gasteiger partial charge in [-0.05, 0) is 48.5 Å². The predicted molar refractivity (Wildman–Crippen MR) is 104 cm³/mol. The molecule has 26 heavy (non-hydrogen) atoms. The highest BCUT2D eigenvalue weighted by atomic mass is 79.9. The van der Waals surface area contributed by atoms with E-state index in [1.807, 2.05) is 12.1 Å². The zero-order valence-electron chi connectivity index (χ0n) is 14.2. The first kappa shape index (κ1) is 18.6. The monoisotopic (exact) mass is 417 g/mol. The number of anilines is 2. The molecular formula is C19H20BrN3O3. The number of hydrogen-bond donors (Lipinski definition) is 2. The third-order valence-electron chi connectivity index (χ3n) is 4.00. The van der Waals surface area contributed by atoms with Crippen LogP contribution in [0.3, 0.4) is 0 Å². The Kier molecular flexibility index (Phi) is 6.38. The van der Waals surface area contributed by atoms with E-state index in [9.17, 15) is 9.59 Å². The number of morpholine rings is 1. The maximum absolute atomic E-state index is 12.2. The first-order valence-electron chi connectivity index (χ1n) is 8.37. The lowest BCUT2D eigenvalue weighted by molar-refractivity contribution is -0.118. The summed E-state index contributed by atoms with van der Waals surface area (Å²) < 4.78 is 6.19. The lowest BCUT2D eigenvalue weighted by Crippen LogP contribution is -2.41. The SMILES string of the molecule is O=C(CN1CCOCC1)Nc1ccc(NC(=O)c2ccc(Br)cc2)cc1. The van der Waals surface area contributed by atoms with Crippen LogP contribution in [0.2, 0.25) is 0 Å². The number of hydrogen-bond acceptors (Lipinski definition) is 4.